The summed E-state index contributed by atoms with van der Waals surface area (Å²) in [6.07, 6.45) is 0. The van der Waals surface area contributed by atoms with Crippen LogP contribution in [0.25, 0.3) is 11.4 Å². The predicted octanol–water partition coefficient (Wildman–Crippen LogP) is 4.41. The van der Waals surface area contributed by atoms with Crippen molar-refractivity contribution < 1.29 is 4.79 Å². The predicted molar refractivity (Wildman–Crippen MR) is 102 cm³/mol. The van der Waals surface area contributed by atoms with Gasteiger partial charge in [-0.2, -0.15) is 4.80 Å². The van der Waals surface area contributed by atoms with Crippen LogP contribution >= 0.6 is 23.2 Å². The van der Waals surface area contributed by atoms with Crippen LogP contribution < -0.4 is 5.32 Å². The monoisotopic (exact) mass is 389 g/mol. The normalized spacial score (nSPS) is 11.0. The van der Waals surface area contributed by atoms with Crippen LogP contribution in [0.4, 0.5) is 5.69 Å². The second-order valence-corrected chi connectivity index (χ2v) is 6.88. The zero-order valence-corrected chi connectivity index (χ0v) is 15.8. The number of carbonyl (C=O) groups is 1. The molecule has 1 N–H and O–H groups in total. The van der Waals surface area contributed by atoms with Crippen molar-refractivity contribution in [2.75, 3.05) is 5.32 Å². The van der Waals surface area contributed by atoms with E-state index in [9.17, 15) is 4.79 Å². The lowest BCUT2D eigenvalue weighted by molar-refractivity contribution is -0.117. The lowest BCUT2D eigenvalue weighted by Crippen LogP contribution is -2.20. The summed E-state index contributed by atoms with van der Waals surface area (Å²) in [6, 6.07) is 13.0. The van der Waals surface area contributed by atoms with Crippen molar-refractivity contribution in [3.8, 4) is 11.4 Å². The molecule has 0 radical (unpaired) electrons. The lowest BCUT2D eigenvalue weighted by atomic mass is 10.0. The number of hydrogen-bond donors (Lipinski definition) is 1. The molecule has 0 saturated heterocycles. The number of hydrogen-bond acceptors (Lipinski definition) is 4. The molecule has 0 fully saturated rings. The van der Waals surface area contributed by atoms with Crippen molar-refractivity contribution in [1.29, 1.82) is 0 Å². The Morgan fingerprint density at radius 1 is 1.12 bits per heavy atom. The minimum Gasteiger partial charge on any atom is -0.322 e. The van der Waals surface area contributed by atoms with E-state index in [-0.39, 0.29) is 12.5 Å². The van der Waals surface area contributed by atoms with Gasteiger partial charge in [0.25, 0.3) is 0 Å². The van der Waals surface area contributed by atoms with E-state index in [0.717, 1.165) is 5.56 Å². The van der Waals surface area contributed by atoms with E-state index < -0.39 is 0 Å². The summed E-state index contributed by atoms with van der Waals surface area (Å²) < 4.78 is 0. The van der Waals surface area contributed by atoms with E-state index >= 15 is 0 Å². The first-order valence-corrected chi connectivity index (χ1v) is 8.81. The van der Waals surface area contributed by atoms with Gasteiger partial charge in [-0.1, -0.05) is 67.4 Å². The molecule has 26 heavy (non-hydrogen) atoms. The number of anilines is 1. The van der Waals surface area contributed by atoms with Gasteiger partial charge in [0.15, 0.2) is 0 Å². The summed E-state index contributed by atoms with van der Waals surface area (Å²) in [5.41, 5.74) is 2.44. The number of carbonyl (C=O) groups excluding carboxylic acids is 1. The van der Waals surface area contributed by atoms with Crippen molar-refractivity contribution in [2.24, 2.45) is 0 Å². The molecule has 0 aliphatic heterocycles. The summed E-state index contributed by atoms with van der Waals surface area (Å²) in [4.78, 5) is 13.4. The first-order chi connectivity index (χ1) is 12.4. The highest BCUT2D eigenvalue weighted by Gasteiger charge is 2.13. The van der Waals surface area contributed by atoms with Crippen molar-refractivity contribution in [3.05, 3.63) is 58.1 Å². The van der Waals surface area contributed by atoms with Gasteiger partial charge >= 0.3 is 0 Å². The highest BCUT2D eigenvalue weighted by molar-refractivity contribution is 6.39. The molecule has 0 unspecified atom stereocenters. The largest absolute Gasteiger partial charge is 0.322 e. The second kappa shape index (κ2) is 7.85. The van der Waals surface area contributed by atoms with Gasteiger partial charge in [-0.25, -0.2) is 0 Å². The zero-order valence-electron chi connectivity index (χ0n) is 14.3. The topological polar surface area (TPSA) is 72.7 Å². The molecular formula is C18H17Cl2N5O. The molecule has 134 valence electrons. The third-order valence-electron chi connectivity index (χ3n) is 3.80. The first-order valence-electron chi connectivity index (χ1n) is 8.06. The number of benzene rings is 2. The zero-order chi connectivity index (χ0) is 18.7. The minimum absolute atomic E-state index is 0.0986. The van der Waals surface area contributed by atoms with Gasteiger partial charge in [0.1, 0.15) is 6.54 Å². The maximum absolute atomic E-state index is 12.2. The summed E-state index contributed by atoms with van der Waals surface area (Å²) >= 11 is 12.1. The summed E-state index contributed by atoms with van der Waals surface area (Å²) in [6.45, 7) is 4.17. The van der Waals surface area contributed by atoms with Gasteiger partial charge in [-0.15, -0.1) is 10.2 Å². The van der Waals surface area contributed by atoms with Crippen molar-refractivity contribution in [2.45, 2.75) is 26.3 Å². The molecule has 0 bridgehead atoms. The van der Waals surface area contributed by atoms with E-state index in [4.69, 9.17) is 23.2 Å². The highest BCUT2D eigenvalue weighted by atomic mass is 35.5. The Morgan fingerprint density at radius 2 is 1.77 bits per heavy atom. The van der Waals surface area contributed by atoms with Crippen LogP contribution in [0.5, 0.6) is 0 Å². The van der Waals surface area contributed by atoms with Crippen LogP contribution in [0, 0.1) is 0 Å². The van der Waals surface area contributed by atoms with Crippen molar-refractivity contribution in [3.63, 3.8) is 0 Å². The number of nitrogens with zero attached hydrogens (tertiary/aromatic N) is 4. The molecule has 0 spiro atoms. The van der Waals surface area contributed by atoms with Gasteiger partial charge < -0.3 is 5.32 Å². The summed E-state index contributed by atoms with van der Waals surface area (Å²) in [7, 11) is 0. The van der Waals surface area contributed by atoms with E-state index in [0.29, 0.717) is 27.5 Å². The van der Waals surface area contributed by atoms with Gasteiger partial charge in [0.05, 0.1) is 15.7 Å². The lowest BCUT2D eigenvalue weighted by Gasteiger charge is -2.08. The van der Waals surface area contributed by atoms with Crippen LogP contribution in [0.1, 0.15) is 25.3 Å². The molecule has 1 aromatic heterocycles. The fraction of sp³-hybridized carbons (Fsp3) is 0.222. The molecule has 8 heteroatoms. The molecule has 0 atom stereocenters. The number of amides is 1. The molecule has 0 aliphatic carbocycles. The molecular weight excluding hydrogens is 373 g/mol. The molecule has 1 heterocycles. The van der Waals surface area contributed by atoms with E-state index in [1.54, 1.807) is 18.2 Å². The van der Waals surface area contributed by atoms with Gasteiger partial charge in [0.2, 0.25) is 11.7 Å². The maximum atomic E-state index is 12.2. The molecule has 6 nitrogen and oxygen atoms in total. The SMILES string of the molecule is CC(C)c1ccc(-c2nnn(CC(=O)Nc3c(Cl)cccc3Cl)n2)cc1. The maximum Gasteiger partial charge on any atom is 0.248 e. The summed E-state index contributed by atoms with van der Waals surface area (Å²) in [5, 5.41) is 15.6. The Hall–Kier alpha value is -2.44. The third-order valence-corrected chi connectivity index (χ3v) is 4.43. The number of tetrazole rings is 1. The minimum atomic E-state index is -0.348. The molecule has 0 saturated carbocycles. The molecule has 3 aromatic rings. The quantitative estimate of drug-likeness (QED) is 0.701. The van der Waals surface area contributed by atoms with E-state index in [1.165, 1.54) is 10.4 Å². The standard InChI is InChI=1S/C18H17Cl2N5O/c1-11(2)12-6-8-13(9-7-12)18-22-24-25(23-18)10-16(26)21-17-14(19)4-3-5-15(17)20/h3-9,11H,10H2,1-2H3,(H,21,26). The van der Waals surface area contributed by atoms with Gasteiger partial charge in [0, 0.05) is 5.56 Å². The summed E-state index contributed by atoms with van der Waals surface area (Å²) in [5.74, 6) is 0.566. The van der Waals surface area contributed by atoms with Crippen LogP contribution in [0.3, 0.4) is 0 Å². The number of nitrogens with one attached hydrogen (secondary N) is 1. The van der Waals surface area contributed by atoms with Crippen molar-refractivity contribution >= 4 is 34.8 Å². The van der Waals surface area contributed by atoms with Crippen LogP contribution in [-0.4, -0.2) is 26.1 Å². The Labute approximate surface area is 161 Å². The molecule has 2 aromatic carbocycles. The fourth-order valence-corrected chi connectivity index (χ4v) is 2.86. The Balaban J connectivity index is 1.69. The van der Waals surface area contributed by atoms with Crippen LogP contribution in [0.15, 0.2) is 42.5 Å². The molecule has 3 rings (SSSR count). The van der Waals surface area contributed by atoms with E-state index in [1.807, 2.05) is 24.3 Å². The second-order valence-electron chi connectivity index (χ2n) is 6.06. The average Bonchev–Trinajstić information content (AvgIpc) is 3.07. The van der Waals surface area contributed by atoms with Crippen molar-refractivity contribution in [1.82, 2.24) is 20.2 Å². The Kier molecular flexibility index (Phi) is 5.54. The average molecular weight is 390 g/mol. The fourth-order valence-electron chi connectivity index (χ4n) is 2.37. The van der Waals surface area contributed by atoms with Crippen LogP contribution in [0.2, 0.25) is 10.0 Å². The first kappa shape index (κ1) is 18.4. The third kappa shape index (κ3) is 4.20. The van der Waals surface area contributed by atoms with E-state index in [2.05, 4.69) is 34.6 Å². The number of aromatic nitrogens is 4. The number of para-hydroxylation sites is 1. The van der Waals surface area contributed by atoms with Gasteiger partial charge in [-0.3, -0.25) is 4.79 Å². The molecule has 1 amide bonds. The Morgan fingerprint density at radius 3 is 2.38 bits per heavy atom. The number of halogens is 2. The molecule has 0 aliphatic rings. The number of rotatable bonds is 5. The van der Waals surface area contributed by atoms with Crippen LogP contribution in [-0.2, 0) is 11.3 Å². The Bertz CT molecular complexity index is 901. The highest BCUT2D eigenvalue weighted by Crippen LogP contribution is 2.29. The van der Waals surface area contributed by atoms with Gasteiger partial charge in [-0.05, 0) is 28.8 Å². The smallest absolute Gasteiger partial charge is 0.248 e.